The van der Waals surface area contributed by atoms with Gasteiger partial charge in [0.1, 0.15) is 18.9 Å². The molecule has 0 bridgehead atoms. The predicted octanol–water partition coefficient (Wildman–Crippen LogP) is 1.18. The Kier molecular flexibility index (Phi) is 3.42. The summed E-state index contributed by atoms with van der Waals surface area (Å²) in [5.41, 5.74) is 1.33. The van der Waals surface area contributed by atoms with Crippen LogP contribution in [-0.4, -0.2) is 10.0 Å². The molecule has 1 aromatic heterocycles. The smallest absolute Gasteiger partial charge is 0.243 e. The molecule has 0 aliphatic carbocycles. The number of aryl methyl sites for hydroxylation is 1. The van der Waals surface area contributed by atoms with Crippen LogP contribution in [-0.2, 0) is 13.6 Å². The van der Waals surface area contributed by atoms with E-state index in [4.69, 9.17) is 0 Å². The number of benzene rings is 1. The normalized spacial score (nSPS) is 9.50. The van der Waals surface area contributed by atoms with Gasteiger partial charge in [0.2, 0.25) is 6.33 Å². The molecule has 0 atom stereocenters. The fourth-order valence-corrected chi connectivity index (χ4v) is 1.39. The van der Waals surface area contributed by atoms with Gasteiger partial charge in [0, 0.05) is 0 Å². The maximum atomic E-state index is 2.16. The van der Waals surface area contributed by atoms with Gasteiger partial charge in [-0.2, -0.15) is 0 Å². The number of nitrogens with zero attached hydrogens (tertiary/aromatic N) is 2. The van der Waals surface area contributed by atoms with Crippen LogP contribution in [0.1, 0.15) is 5.56 Å². The second-order valence-electron chi connectivity index (χ2n) is 3.24. The van der Waals surface area contributed by atoms with Crippen molar-refractivity contribution in [1.29, 1.82) is 0 Å². The van der Waals surface area contributed by atoms with Gasteiger partial charge in [-0.25, -0.2) is 9.13 Å². The molecular weight excluding hydrogens is 176 g/mol. The van der Waals surface area contributed by atoms with Crippen molar-refractivity contribution in [2.75, 3.05) is 0 Å². The van der Waals surface area contributed by atoms with Crippen LogP contribution in [0.25, 0.3) is 0 Å². The quantitative estimate of drug-likeness (QED) is 0.655. The molecule has 3 heteroatoms. The first-order valence-electron chi connectivity index (χ1n) is 4.39. The van der Waals surface area contributed by atoms with E-state index < -0.39 is 0 Å². The topological polar surface area (TPSA) is 38.8 Å². The van der Waals surface area contributed by atoms with E-state index in [1.54, 1.807) is 0 Å². The molecule has 0 amide bonds. The predicted molar refractivity (Wildman–Crippen MR) is 53.1 cm³/mol. The number of imidazole rings is 1. The summed E-state index contributed by atoms with van der Waals surface area (Å²) in [5, 5.41) is 0. The van der Waals surface area contributed by atoms with E-state index in [1.165, 1.54) is 5.56 Å². The minimum Gasteiger partial charge on any atom is -0.870 e. The fraction of sp³-hybridized carbons (Fsp3) is 0.182. The molecule has 14 heavy (non-hydrogen) atoms. The fourth-order valence-electron chi connectivity index (χ4n) is 1.39. The summed E-state index contributed by atoms with van der Waals surface area (Å²) < 4.78 is 4.21. The second kappa shape index (κ2) is 4.58. The van der Waals surface area contributed by atoms with E-state index in [-0.39, 0.29) is 5.48 Å². The Bertz CT molecular complexity index is 381. The largest absolute Gasteiger partial charge is 0.870 e. The average molecular weight is 190 g/mol. The summed E-state index contributed by atoms with van der Waals surface area (Å²) in [4.78, 5) is 0. The highest BCUT2D eigenvalue weighted by atomic mass is 16.0. The Morgan fingerprint density at radius 3 is 2.50 bits per heavy atom. The van der Waals surface area contributed by atoms with Crippen LogP contribution in [0.5, 0.6) is 0 Å². The minimum absolute atomic E-state index is 0. The van der Waals surface area contributed by atoms with E-state index in [0.29, 0.717) is 0 Å². The Morgan fingerprint density at radius 2 is 1.93 bits per heavy atom. The molecule has 0 radical (unpaired) electrons. The number of hydrogen-bond donors (Lipinski definition) is 0. The van der Waals surface area contributed by atoms with Gasteiger partial charge >= 0.3 is 0 Å². The standard InChI is InChI=1S/C11H13N2.H2O/c1-12-7-8-13(10-12)9-11-5-3-2-4-6-11;/h2-8,10H,9H2,1H3;1H2/q+1;/p-1. The monoisotopic (exact) mass is 190 g/mol. The zero-order valence-electron chi connectivity index (χ0n) is 8.17. The summed E-state index contributed by atoms with van der Waals surface area (Å²) in [6.45, 7) is 0.946. The molecule has 1 aromatic carbocycles. The second-order valence-corrected chi connectivity index (χ2v) is 3.24. The SMILES string of the molecule is Cn1cc[n+](Cc2ccccc2)c1.[OH-]. The van der Waals surface area contributed by atoms with Crippen LogP contribution < -0.4 is 4.57 Å². The summed E-state index contributed by atoms with van der Waals surface area (Å²) in [5.74, 6) is 0. The molecule has 1 N–H and O–H groups in total. The molecule has 0 unspecified atom stereocenters. The van der Waals surface area contributed by atoms with E-state index in [9.17, 15) is 0 Å². The van der Waals surface area contributed by atoms with E-state index in [1.807, 2.05) is 23.9 Å². The van der Waals surface area contributed by atoms with Crippen LogP contribution in [0.2, 0.25) is 0 Å². The minimum atomic E-state index is 0. The highest BCUT2D eigenvalue weighted by molar-refractivity contribution is 5.13. The lowest BCUT2D eigenvalue weighted by molar-refractivity contribution is -0.687. The van der Waals surface area contributed by atoms with Crippen molar-refractivity contribution in [2.45, 2.75) is 6.54 Å². The maximum Gasteiger partial charge on any atom is 0.243 e. The van der Waals surface area contributed by atoms with Crippen molar-refractivity contribution in [3.05, 3.63) is 54.6 Å². The third-order valence-corrected chi connectivity index (χ3v) is 2.03. The molecule has 1 heterocycles. The van der Waals surface area contributed by atoms with Gasteiger partial charge in [0.05, 0.1) is 7.05 Å². The zero-order chi connectivity index (χ0) is 9.10. The first kappa shape index (κ1) is 10.5. The third-order valence-electron chi connectivity index (χ3n) is 2.03. The van der Waals surface area contributed by atoms with Crippen molar-refractivity contribution in [3.8, 4) is 0 Å². The maximum absolute atomic E-state index is 2.16. The van der Waals surface area contributed by atoms with Gasteiger partial charge in [-0.3, -0.25) is 0 Å². The summed E-state index contributed by atoms with van der Waals surface area (Å²) in [6, 6.07) is 10.5. The molecule has 3 nitrogen and oxygen atoms in total. The molecule has 0 spiro atoms. The van der Waals surface area contributed by atoms with Crippen molar-refractivity contribution >= 4 is 0 Å². The Hall–Kier alpha value is -1.61. The Labute approximate surface area is 83.5 Å². The third kappa shape index (κ3) is 2.44. The molecule has 2 aromatic rings. The molecule has 0 aliphatic rings. The molecule has 0 aliphatic heterocycles. The Balaban J connectivity index is 0.000000980. The molecule has 74 valence electrons. The lowest BCUT2D eigenvalue weighted by Crippen LogP contribution is -2.31. The molecular formula is C11H14N2O. The average Bonchev–Trinajstić information content (AvgIpc) is 2.53. The van der Waals surface area contributed by atoms with Crippen molar-refractivity contribution in [1.82, 2.24) is 4.57 Å². The lowest BCUT2D eigenvalue weighted by atomic mass is 10.2. The van der Waals surface area contributed by atoms with Gasteiger partial charge in [-0.05, 0) is 5.56 Å². The highest BCUT2D eigenvalue weighted by Gasteiger charge is 1.99. The first-order chi connectivity index (χ1) is 6.34. The van der Waals surface area contributed by atoms with Crippen LogP contribution in [0.15, 0.2) is 49.1 Å². The molecule has 0 saturated carbocycles. The van der Waals surface area contributed by atoms with E-state index >= 15 is 0 Å². The van der Waals surface area contributed by atoms with Crippen LogP contribution in [0, 0.1) is 0 Å². The summed E-state index contributed by atoms with van der Waals surface area (Å²) in [7, 11) is 2.03. The molecule has 0 saturated heterocycles. The van der Waals surface area contributed by atoms with Gasteiger partial charge in [-0.15, -0.1) is 0 Å². The zero-order valence-corrected chi connectivity index (χ0v) is 8.17. The molecule has 0 fully saturated rings. The molecule has 2 rings (SSSR count). The van der Waals surface area contributed by atoms with Crippen molar-refractivity contribution in [2.24, 2.45) is 7.05 Å². The first-order valence-corrected chi connectivity index (χ1v) is 4.39. The van der Waals surface area contributed by atoms with Crippen molar-refractivity contribution in [3.63, 3.8) is 0 Å². The lowest BCUT2D eigenvalue weighted by Gasteiger charge is -1.95. The number of aromatic nitrogens is 2. The van der Waals surface area contributed by atoms with Gasteiger partial charge < -0.3 is 5.48 Å². The Morgan fingerprint density at radius 1 is 1.21 bits per heavy atom. The van der Waals surface area contributed by atoms with E-state index in [2.05, 4.69) is 41.4 Å². The van der Waals surface area contributed by atoms with E-state index in [0.717, 1.165) is 6.54 Å². The number of hydrogen-bond acceptors (Lipinski definition) is 1. The van der Waals surface area contributed by atoms with Gasteiger partial charge in [-0.1, -0.05) is 30.3 Å². The highest BCUT2D eigenvalue weighted by Crippen LogP contribution is 1.96. The van der Waals surface area contributed by atoms with Gasteiger partial charge in [0.25, 0.3) is 0 Å². The summed E-state index contributed by atoms with van der Waals surface area (Å²) >= 11 is 0. The van der Waals surface area contributed by atoms with Crippen LogP contribution >= 0.6 is 0 Å². The number of rotatable bonds is 2. The van der Waals surface area contributed by atoms with Crippen LogP contribution in [0.4, 0.5) is 0 Å². The van der Waals surface area contributed by atoms with Crippen molar-refractivity contribution < 1.29 is 10.0 Å². The van der Waals surface area contributed by atoms with Crippen LogP contribution in [0.3, 0.4) is 0 Å². The van der Waals surface area contributed by atoms with Gasteiger partial charge in [0.15, 0.2) is 0 Å². The summed E-state index contributed by atoms with van der Waals surface area (Å²) in [6.07, 6.45) is 6.20.